The predicted octanol–water partition coefficient (Wildman–Crippen LogP) is 2.05. The topological polar surface area (TPSA) is 54.5 Å². The van der Waals surface area contributed by atoms with Gasteiger partial charge in [-0.15, -0.1) is 11.3 Å². The van der Waals surface area contributed by atoms with Gasteiger partial charge >= 0.3 is 0 Å². The summed E-state index contributed by atoms with van der Waals surface area (Å²) in [6, 6.07) is 3.40. The number of nitrogens with zero attached hydrogens (tertiary/aromatic N) is 1. The van der Waals surface area contributed by atoms with Gasteiger partial charge in [0.2, 0.25) is 0 Å². The smallest absolute Gasteiger partial charge is 0.263 e. The van der Waals surface area contributed by atoms with Crippen LogP contribution in [0.15, 0.2) is 12.1 Å². The number of piperidine rings is 1. The molecule has 2 heterocycles. The van der Waals surface area contributed by atoms with Crippen molar-refractivity contribution in [3.05, 3.63) is 21.3 Å². The molecule has 2 rings (SSSR count). The number of hydrogen-bond acceptors (Lipinski definition) is 4. The summed E-state index contributed by atoms with van der Waals surface area (Å²) in [6.45, 7) is 0.984. The second-order valence-electron chi connectivity index (χ2n) is 4.42. The van der Waals surface area contributed by atoms with Crippen molar-refractivity contribution in [3.8, 4) is 0 Å². The Bertz CT molecular complexity index is 544. The highest BCUT2D eigenvalue weighted by Gasteiger charge is 2.29. The molecule has 1 aliphatic heterocycles. The Balaban J connectivity index is 2.00. The van der Waals surface area contributed by atoms with Gasteiger partial charge in [-0.25, -0.2) is 8.42 Å². The average molecular weight is 308 g/mol. The molecule has 0 saturated carbocycles. The molecule has 0 radical (unpaired) electrons. The van der Waals surface area contributed by atoms with Crippen LogP contribution < -0.4 is 0 Å². The summed E-state index contributed by atoms with van der Waals surface area (Å²) in [6.07, 6.45) is 2.29. The lowest BCUT2D eigenvalue weighted by Crippen LogP contribution is -2.42. The van der Waals surface area contributed by atoms with E-state index in [9.17, 15) is 13.2 Å². The summed E-state index contributed by atoms with van der Waals surface area (Å²) >= 11 is 7.05. The first-order valence-corrected chi connectivity index (χ1v) is 8.76. The zero-order chi connectivity index (χ0) is 13.3. The third-order valence-corrected chi connectivity index (χ3v) is 6.02. The number of amides is 1. The van der Waals surface area contributed by atoms with Crippen LogP contribution >= 0.6 is 22.9 Å². The first-order chi connectivity index (χ1) is 8.38. The molecule has 0 N–H and O–H groups in total. The molecule has 1 fully saturated rings. The molecule has 0 bridgehead atoms. The zero-order valence-electron chi connectivity index (χ0n) is 9.93. The average Bonchev–Trinajstić information content (AvgIpc) is 2.74. The molecule has 18 heavy (non-hydrogen) atoms. The van der Waals surface area contributed by atoms with Gasteiger partial charge in [-0.3, -0.25) is 4.79 Å². The molecule has 1 amide bonds. The van der Waals surface area contributed by atoms with Gasteiger partial charge in [0.25, 0.3) is 5.91 Å². The normalized spacial score (nSPS) is 18.0. The number of carbonyl (C=O) groups is 1. The highest BCUT2D eigenvalue weighted by atomic mass is 35.5. The molecule has 0 atom stereocenters. The fraction of sp³-hybridized carbons (Fsp3) is 0.545. The summed E-state index contributed by atoms with van der Waals surface area (Å²) in [5.41, 5.74) is 0. The number of carbonyl (C=O) groups excluding carboxylic acids is 1. The van der Waals surface area contributed by atoms with Gasteiger partial charge < -0.3 is 4.90 Å². The van der Waals surface area contributed by atoms with Gasteiger partial charge in [0.1, 0.15) is 9.84 Å². The Kier molecular flexibility index (Phi) is 3.99. The Labute approximate surface area is 115 Å². The molecular weight excluding hydrogens is 294 g/mol. The number of likely N-dealkylation sites (tertiary alicyclic amines) is 1. The third-order valence-electron chi connectivity index (χ3n) is 3.12. The van der Waals surface area contributed by atoms with Crippen LogP contribution in [0.5, 0.6) is 0 Å². The van der Waals surface area contributed by atoms with Crippen LogP contribution in [0.25, 0.3) is 0 Å². The maximum Gasteiger partial charge on any atom is 0.263 e. The minimum absolute atomic E-state index is 0.0566. The molecule has 0 unspecified atom stereocenters. The van der Waals surface area contributed by atoms with Crippen LogP contribution in [0.4, 0.5) is 0 Å². The second kappa shape index (κ2) is 5.19. The number of thiophene rings is 1. The van der Waals surface area contributed by atoms with Gasteiger partial charge in [-0.2, -0.15) is 0 Å². The van der Waals surface area contributed by atoms with Gasteiger partial charge in [0.15, 0.2) is 0 Å². The number of halogens is 1. The first kappa shape index (κ1) is 13.8. The maximum absolute atomic E-state index is 12.1. The molecular formula is C11H14ClNO3S2. The van der Waals surface area contributed by atoms with Crippen LogP contribution in [0.2, 0.25) is 4.34 Å². The van der Waals surface area contributed by atoms with E-state index < -0.39 is 9.84 Å². The Morgan fingerprint density at radius 2 is 2.00 bits per heavy atom. The molecule has 0 spiro atoms. The molecule has 1 aromatic rings. The van der Waals surface area contributed by atoms with Crippen LogP contribution in [0, 0.1) is 0 Å². The Morgan fingerprint density at radius 3 is 2.44 bits per heavy atom. The fourth-order valence-corrected chi connectivity index (χ4v) is 4.15. The van der Waals surface area contributed by atoms with Crippen molar-refractivity contribution >= 4 is 38.7 Å². The van der Waals surface area contributed by atoms with E-state index >= 15 is 0 Å². The number of sulfone groups is 1. The van der Waals surface area contributed by atoms with Crippen LogP contribution in [-0.2, 0) is 9.84 Å². The number of hydrogen-bond donors (Lipinski definition) is 0. The van der Waals surface area contributed by atoms with E-state index in [1.807, 2.05) is 0 Å². The van der Waals surface area contributed by atoms with E-state index in [2.05, 4.69) is 0 Å². The van der Waals surface area contributed by atoms with E-state index in [0.29, 0.717) is 35.1 Å². The highest BCUT2D eigenvalue weighted by molar-refractivity contribution is 7.91. The molecule has 7 heteroatoms. The van der Waals surface area contributed by atoms with Crippen molar-refractivity contribution in [3.63, 3.8) is 0 Å². The van der Waals surface area contributed by atoms with Crippen molar-refractivity contribution < 1.29 is 13.2 Å². The summed E-state index contributed by atoms with van der Waals surface area (Å²) in [5, 5.41) is -0.312. The molecule has 100 valence electrons. The fourth-order valence-electron chi connectivity index (χ4n) is 2.07. The van der Waals surface area contributed by atoms with Gasteiger partial charge in [-0.1, -0.05) is 11.6 Å². The van der Waals surface area contributed by atoms with Crippen molar-refractivity contribution in [2.45, 2.75) is 18.1 Å². The van der Waals surface area contributed by atoms with Gasteiger partial charge in [-0.05, 0) is 25.0 Å². The van der Waals surface area contributed by atoms with Crippen molar-refractivity contribution in [2.75, 3.05) is 19.3 Å². The largest absolute Gasteiger partial charge is 0.338 e. The zero-order valence-corrected chi connectivity index (χ0v) is 12.3. The lowest BCUT2D eigenvalue weighted by Gasteiger charge is -2.30. The molecule has 4 nitrogen and oxygen atoms in total. The second-order valence-corrected chi connectivity index (χ2v) is 8.47. The molecule has 0 aromatic carbocycles. The molecule has 0 aliphatic carbocycles. The Hall–Kier alpha value is -0.590. The molecule has 1 aliphatic rings. The summed E-state index contributed by atoms with van der Waals surface area (Å²) in [7, 11) is -2.99. The quantitative estimate of drug-likeness (QED) is 0.840. The lowest BCUT2D eigenvalue weighted by atomic mass is 10.1. The Morgan fingerprint density at radius 1 is 1.39 bits per heavy atom. The molecule has 1 aromatic heterocycles. The first-order valence-electron chi connectivity index (χ1n) is 5.61. The van der Waals surface area contributed by atoms with Crippen molar-refractivity contribution in [1.29, 1.82) is 0 Å². The minimum Gasteiger partial charge on any atom is -0.338 e. The summed E-state index contributed by atoms with van der Waals surface area (Å²) < 4.78 is 23.4. The predicted molar refractivity (Wildman–Crippen MR) is 73.1 cm³/mol. The van der Waals surface area contributed by atoms with Crippen molar-refractivity contribution in [1.82, 2.24) is 4.90 Å². The van der Waals surface area contributed by atoms with Gasteiger partial charge in [0.05, 0.1) is 14.5 Å². The minimum atomic E-state index is -2.99. The molecule has 1 saturated heterocycles. The van der Waals surface area contributed by atoms with E-state index in [1.165, 1.54) is 17.6 Å². The summed E-state index contributed by atoms with van der Waals surface area (Å²) in [4.78, 5) is 14.4. The van der Waals surface area contributed by atoms with E-state index in [-0.39, 0.29) is 11.2 Å². The van der Waals surface area contributed by atoms with Crippen LogP contribution in [0.1, 0.15) is 22.5 Å². The summed E-state index contributed by atoms with van der Waals surface area (Å²) in [5.74, 6) is -0.0566. The SMILES string of the molecule is CS(=O)(=O)C1CCN(C(=O)c2ccc(Cl)s2)CC1. The maximum atomic E-state index is 12.1. The van der Waals surface area contributed by atoms with Gasteiger partial charge in [0, 0.05) is 19.3 Å². The van der Waals surface area contributed by atoms with E-state index in [1.54, 1.807) is 17.0 Å². The van der Waals surface area contributed by atoms with Crippen LogP contribution in [0.3, 0.4) is 0 Å². The standard InChI is InChI=1S/C11H14ClNO3S2/c1-18(15,16)8-4-6-13(7-5-8)11(14)9-2-3-10(12)17-9/h2-3,8H,4-7H2,1H3. The number of rotatable bonds is 2. The highest BCUT2D eigenvalue weighted by Crippen LogP contribution is 2.25. The lowest BCUT2D eigenvalue weighted by molar-refractivity contribution is 0.0730. The van der Waals surface area contributed by atoms with Crippen LogP contribution in [-0.4, -0.2) is 43.8 Å². The van der Waals surface area contributed by atoms with E-state index in [4.69, 9.17) is 11.6 Å². The monoisotopic (exact) mass is 307 g/mol. The van der Waals surface area contributed by atoms with Crippen molar-refractivity contribution in [2.24, 2.45) is 0 Å². The third kappa shape index (κ3) is 3.05. The van der Waals surface area contributed by atoms with E-state index in [0.717, 1.165) is 0 Å².